The van der Waals surface area contributed by atoms with E-state index in [9.17, 15) is 28.4 Å². The van der Waals surface area contributed by atoms with Crippen molar-refractivity contribution in [2.24, 2.45) is 5.92 Å². The fourth-order valence-electron chi connectivity index (χ4n) is 3.93. The van der Waals surface area contributed by atoms with Crippen LogP contribution in [0, 0.1) is 29.9 Å². The highest BCUT2D eigenvalue weighted by molar-refractivity contribution is 7.89. The molecule has 24 heavy (non-hydrogen) atoms. The van der Waals surface area contributed by atoms with Gasteiger partial charge in [-0.3, -0.25) is 14.9 Å². The number of nitro groups is 1. The Kier molecular flexibility index (Phi) is 3.88. The van der Waals surface area contributed by atoms with Crippen molar-refractivity contribution in [3.63, 3.8) is 0 Å². The van der Waals surface area contributed by atoms with Gasteiger partial charge in [-0.25, -0.2) is 8.42 Å². The first-order valence-electron chi connectivity index (χ1n) is 7.67. The molecule has 2 heterocycles. The SMILES string of the molecule is Cc1ccc([N+](=O)[O-])c(S(=O)(=O)N2C3CCC2C(C(=O)O)C3)c1C. The zero-order valence-corrected chi connectivity index (χ0v) is 14.1. The van der Waals surface area contributed by atoms with E-state index in [1.165, 1.54) is 16.4 Å². The topological polar surface area (TPSA) is 118 Å². The summed E-state index contributed by atoms with van der Waals surface area (Å²) in [5, 5.41) is 20.6. The molecule has 0 aromatic heterocycles. The van der Waals surface area contributed by atoms with E-state index in [1.54, 1.807) is 13.8 Å². The van der Waals surface area contributed by atoms with E-state index in [0.29, 0.717) is 24.0 Å². The van der Waals surface area contributed by atoms with Gasteiger partial charge in [0, 0.05) is 18.2 Å². The smallest absolute Gasteiger partial charge is 0.308 e. The highest BCUT2D eigenvalue weighted by atomic mass is 32.2. The van der Waals surface area contributed by atoms with Gasteiger partial charge in [-0.05, 0) is 44.2 Å². The Bertz CT molecular complexity index is 835. The Morgan fingerprint density at radius 3 is 2.54 bits per heavy atom. The predicted octanol–water partition coefficient (Wildman–Crippen LogP) is 1.84. The number of aryl methyl sites for hydroxylation is 1. The molecule has 2 saturated heterocycles. The summed E-state index contributed by atoms with van der Waals surface area (Å²) in [6.45, 7) is 3.23. The maximum Gasteiger partial charge on any atom is 0.308 e. The fraction of sp³-hybridized carbons (Fsp3) is 0.533. The zero-order chi connectivity index (χ0) is 17.8. The molecule has 1 aromatic rings. The third kappa shape index (κ3) is 2.30. The number of carbonyl (C=O) groups is 1. The van der Waals surface area contributed by atoms with Gasteiger partial charge in [-0.2, -0.15) is 4.31 Å². The van der Waals surface area contributed by atoms with Crippen molar-refractivity contribution < 1.29 is 23.2 Å². The molecule has 3 rings (SSSR count). The highest BCUT2D eigenvalue weighted by Gasteiger charge is 2.55. The van der Waals surface area contributed by atoms with Gasteiger partial charge >= 0.3 is 5.97 Å². The molecular formula is C15H18N2O6S. The number of sulfonamides is 1. The lowest BCUT2D eigenvalue weighted by Gasteiger charge is -2.23. The largest absolute Gasteiger partial charge is 0.481 e. The first kappa shape index (κ1) is 16.8. The molecular weight excluding hydrogens is 336 g/mol. The molecule has 2 fully saturated rings. The minimum atomic E-state index is -4.14. The van der Waals surface area contributed by atoms with Crippen LogP contribution in [0.4, 0.5) is 5.69 Å². The lowest BCUT2D eigenvalue weighted by molar-refractivity contribution is -0.388. The van der Waals surface area contributed by atoms with Gasteiger partial charge in [0.15, 0.2) is 4.90 Å². The van der Waals surface area contributed by atoms with Crippen molar-refractivity contribution in [3.05, 3.63) is 33.4 Å². The Morgan fingerprint density at radius 1 is 1.33 bits per heavy atom. The van der Waals surface area contributed by atoms with Crippen LogP contribution >= 0.6 is 0 Å². The van der Waals surface area contributed by atoms with E-state index in [0.717, 1.165) is 0 Å². The van der Waals surface area contributed by atoms with Crippen LogP contribution in [0.2, 0.25) is 0 Å². The van der Waals surface area contributed by atoms with Crippen LogP contribution in [0.5, 0.6) is 0 Å². The van der Waals surface area contributed by atoms with Gasteiger partial charge < -0.3 is 5.11 Å². The number of carboxylic acids is 1. The van der Waals surface area contributed by atoms with Crippen LogP contribution in [0.1, 0.15) is 30.4 Å². The second-order valence-electron chi connectivity index (χ2n) is 6.43. The Labute approximate surface area is 139 Å². The Morgan fingerprint density at radius 2 is 2.00 bits per heavy atom. The van der Waals surface area contributed by atoms with Crippen molar-refractivity contribution in [2.45, 2.75) is 50.1 Å². The lowest BCUT2D eigenvalue weighted by atomic mass is 9.89. The molecule has 3 unspecified atom stereocenters. The molecule has 0 aliphatic carbocycles. The normalized spacial score (nSPS) is 26.7. The molecule has 2 bridgehead atoms. The van der Waals surface area contributed by atoms with Crippen molar-refractivity contribution in [1.29, 1.82) is 0 Å². The summed E-state index contributed by atoms with van der Waals surface area (Å²) in [6, 6.07) is 1.69. The molecule has 0 spiro atoms. The summed E-state index contributed by atoms with van der Waals surface area (Å²) >= 11 is 0. The van der Waals surface area contributed by atoms with E-state index < -0.39 is 44.6 Å². The van der Waals surface area contributed by atoms with Crippen LogP contribution in [-0.2, 0) is 14.8 Å². The number of aliphatic carboxylic acids is 1. The van der Waals surface area contributed by atoms with E-state index in [2.05, 4.69) is 0 Å². The van der Waals surface area contributed by atoms with Crippen LogP contribution in [-0.4, -0.2) is 40.8 Å². The van der Waals surface area contributed by atoms with Crippen molar-refractivity contribution in [1.82, 2.24) is 4.31 Å². The van der Waals surface area contributed by atoms with Crippen LogP contribution < -0.4 is 0 Å². The number of fused-ring (bicyclic) bond motifs is 2. The molecule has 0 amide bonds. The minimum Gasteiger partial charge on any atom is -0.481 e. The van der Waals surface area contributed by atoms with E-state index in [1.807, 2.05) is 0 Å². The van der Waals surface area contributed by atoms with Gasteiger partial charge in [-0.1, -0.05) is 6.07 Å². The number of hydrogen-bond acceptors (Lipinski definition) is 5. The third-order valence-electron chi connectivity index (χ3n) is 5.18. The number of nitrogens with zero attached hydrogens (tertiary/aromatic N) is 2. The first-order valence-corrected chi connectivity index (χ1v) is 9.11. The Hall–Kier alpha value is -2.00. The maximum absolute atomic E-state index is 13.2. The number of carboxylic acid groups (broad SMARTS) is 1. The van der Waals surface area contributed by atoms with Gasteiger partial charge in [0.2, 0.25) is 0 Å². The number of hydrogen-bond donors (Lipinski definition) is 1. The third-order valence-corrected chi connectivity index (χ3v) is 7.33. The van der Waals surface area contributed by atoms with Crippen molar-refractivity contribution in [3.8, 4) is 0 Å². The highest BCUT2D eigenvalue weighted by Crippen LogP contribution is 2.46. The fourth-order valence-corrected chi connectivity index (χ4v) is 6.29. The van der Waals surface area contributed by atoms with Gasteiger partial charge in [0.25, 0.3) is 15.7 Å². The first-order chi connectivity index (χ1) is 11.2. The number of benzene rings is 1. The predicted molar refractivity (Wildman–Crippen MR) is 84.1 cm³/mol. The van der Waals surface area contributed by atoms with Gasteiger partial charge in [0.1, 0.15) is 0 Å². The molecule has 2 aliphatic heterocycles. The molecule has 2 aliphatic rings. The molecule has 8 nitrogen and oxygen atoms in total. The molecule has 3 atom stereocenters. The van der Waals surface area contributed by atoms with Crippen molar-refractivity contribution >= 4 is 21.7 Å². The summed E-state index contributed by atoms with van der Waals surface area (Å²) in [5.41, 5.74) is 0.513. The summed E-state index contributed by atoms with van der Waals surface area (Å²) < 4.78 is 27.6. The molecule has 1 N–H and O–H groups in total. The average molecular weight is 354 g/mol. The molecule has 1 aromatic carbocycles. The van der Waals surface area contributed by atoms with Crippen LogP contribution in [0.3, 0.4) is 0 Å². The summed E-state index contributed by atoms with van der Waals surface area (Å²) in [5.74, 6) is -1.76. The van der Waals surface area contributed by atoms with Crippen LogP contribution in [0.15, 0.2) is 17.0 Å². The second kappa shape index (κ2) is 5.52. The summed E-state index contributed by atoms with van der Waals surface area (Å²) in [7, 11) is -4.14. The van der Waals surface area contributed by atoms with Crippen LogP contribution in [0.25, 0.3) is 0 Å². The Balaban J connectivity index is 2.15. The minimum absolute atomic E-state index is 0.262. The summed E-state index contributed by atoms with van der Waals surface area (Å²) in [6.07, 6.45) is 1.32. The molecule has 0 saturated carbocycles. The van der Waals surface area contributed by atoms with Gasteiger partial charge in [0.05, 0.1) is 10.8 Å². The monoisotopic (exact) mass is 354 g/mol. The van der Waals surface area contributed by atoms with E-state index in [4.69, 9.17) is 0 Å². The summed E-state index contributed by atoms with van der Waals surface area (Å²) in [4.78, 5) is 21.7. The number of nitro benzene ring substituents is 1. The van der Waals surface area contributed by atoms with E-state index >= 15 is 0 Å². The van der Waals surface area contributed by atoms with Gasteiger partial charge in [-0.15, -0.1) is 0 Å². The second-order valence-corrected chi connectivity index (χ2v) is 8.21. The molecule has 130 valence electrons. The standard InChI is InChI=1S/C15H18N2O6S/c1-8-3-5-13(17(20)21)14(9(8)2)24(22,23)16-10-4-6-12(16)11(7-10)15(18)19/h3,5,10-12H,4,6-7H2,1-2H3,(H,18,19). The average Bonchev–Trinajstić information content (AvgIpc) is 3.07. The van der Waals surface area contributed by atoms with Crippen molar-refractivity contribution in [2.75, 3.05) is 0 Å². The maximum atomic E-state index is 13.2. The van der Waals surface area contributed by atoms with E-state index in [-0.39, 0.29) is 11.3 Å². The quantitative estimate of drug-likeness (QED) is 0.651. The number of rotatable bonds is 4. The molecule has 0 radical (unpaired) electrons. The molecule has 9 heteroatoms. The zero-order valence-electron chi connectivity index (χ0n) is 13.3. The lowest BCUT2D eigenvalue weighted by Crippen LogP contribution is -2.38.